The van der Waals surface area contributed by atoms with Crippen molar-refractivity contribution in [3.63, 3.8) is 0 Å². The van der Waals surface area contributed by atoms with Crippen LogP contribution in [0.15, 0.2) is 12.3 Å². The van der Waals surface area contributed by atoms with Crippen molar-refractivity contribution >= 4 is 16.9 Å². The molecule has 0 saturated heterocycles. The maximum absolute atomic E-state index is 4.69. The van der Waals surface area contributed by atoms with Crippen LogP contribution in [0.25, 0.3) is 11.0 Å². The molecule has 2 aromatic heterocycles. The SMILES string of the molecule is CCCC(C)c1nc(N(C)C)c2cc[nH]c2n1. The summed E-state index contributed by atoms with van der Waals surface area (Å²) in [6, 6.07) is 2.03. The first kappa shape index (κ1) is 11.9. The zero-order chi connectivity index (χ0) is 12.4. The van der Waals surface area contributed by atoms with E-state index in [1.54, 1.807) is 0 Å². The van der Waals surface area contributed by atoms with Crippen LogP contribution >= 0.6 is 0 Å². The minimum absolute atomic E-state index is 0.409. The Kier molecular flexibility index (Phi) is 3.31. The second-order valence-corrected chi connectivity index (χ2v) is 4.73. The second-order valence-electron chi connectivity index (χ2n) is 4.73. The maximum atomic E-state index is 4.69. The van der Waals surface area contributed by atoms with Crippen LogP contribution in [-0.2, 0) is 0 Å². The first-order chi connectivity index (χ1) is 8.13. The summed E-state index contributed by atoms with van der Waals surface area (Å²) in [5.74, 6) is 2.34. The summed E-state index contributed by atoms with van der Waals surface area (Å²) in [5.41, 5.74) is 0.932. The van der Waals surface area contributed by atoms with Crippen molar-refractivity contribution in [1.82, 2.24) is 15.0 Å². The van der Waals surface area contributed by atoms with Crippen LogP contribution in [0.1, 0.15) is 38.4 Å². The summed E-state index contributed by atoms with van der Waals surface area (Å²) >= 11 is 0. The topological polar surface area (TPSA) is 44.8 Å². The summed E-state index contributed by atoms with van der Waals surface area (Å²) in [4.78, 5) is 14.5. The fraction of sp³-hybridized carbons (Fsp3) is 0.538. The van der Waals surface area contributed by atoms with E-state index < -0.39 is 0 Å². The van der Waals surface area contributed by atoms with Crippen molar-refractivity contribution in [2.75, 3.05) is 19.0 Å². The molecule has 0 saturated carbocycles. The third-order valence-corrected chi connectivity index (χ3v) is 3.00. The number of fused-ring (bicyclic) bond motifs is 1. The van der Waals surface area contributed by atoms with E-state index >= 15 is 0 Å². The molecule has 0 aliphatic heterocycles. The summed E-state index contributed by atoms with van der Waals surface area (Å²) in [5, 5.41) is 1.09. The Morgan fingerprint density at radius 1 is 1.35 bits per heavy atom. The van der Waals surface area contributed by atoms with Crippen molar-refractivity contribution in [3.05, 3.63) is 18.1 Å². The number of aromatic amines is 1. The van der Waals surface area contributed by atoms with Crippen LogP contribution in [0.3, 0.4) is 0 Å². The van der Waals surface area contributed by atoms with Gasteiger partial charge in [0, 0.05) is 26.2 Å². The van der Waals surface area contributed by atoms with Gasteiger partial charge in [-0.1, -0.05) is 20.3 Å². The minimum Gasteiger partial charge on any atom is -0.362 e. The number of nitrogens with one attached hydrogen (secondary N) is 1. The van der Waals surface area contributed by atoms with Crippen molar-refractivity contribution < 1.29 is 0 Å². The first-order valence-electron chi connectivity index (χ1n) is 6.15. The molecule has 4 nitrogen and oxygen atoms in total. The highest BCUT2D eigenvalue weighted by molar-refractivity contribution is 5.87. The Bertz CT molecular complexity index is 501. The Morgan fingerprint density at radius 2 is 2.12 bits per heavy atom. The van der Waals surface area contributed by atoms with Crippen LogP contribution in [0.2, 0.25) is 0 Å². The number of anilines is 1. The number of nitrogens with zero attached hydrogens (tertiary/aromatic N) is 3. The fourth-order valence-corrected chi connectivity index (χ4v) is 2.07. The molecule has 0 aliphatic carbocycles. The Labute approximate surface area is 102 Å². The molecule has 2 aromatic rings. The van der Waals surface area contributed by atoms with Gasteiger partial charge in [0.15, 0.2) is 0 Å². The van der Waals surface area contributed by atoms with Gasteiger partial charge in [0.1, 0.15) is 17.3 Å². The average molecular weight is 232 g/mol. The van der Waals surface area contributed by atoms with Gasteiger partial charge in [-0.15, -0.1) is 0 Å². The van der Waals surface area contributed by atoms with E-state index in [0.717, 1.165) is 35.5 Å². The van der Waals surface area contributed by atoms with Gasteiger partial charge in [-0.3, -0.25) is 0 Å². The van der Waals surface area contributed by atoms with Gasteiger partial charge >= 0.3 is 0 Å². The molecule has 0 fully saturated rings. The zero-order valence-corrected chi connectivity index (χ0v) is 11.0. The van der Waals surface area contributed by atoms with Crippen molar-refractivity contribution in [3.8, 4) is 0 Å². The van der Waals surface area contributed by atoms with Gasteiger partial charge in [0.05, 0.1) is 5.39 Å². The molecule has 1 atom stereocenters. The fourth-order valence-electron chi connectivity index (χ4n) is 2.07. The molecule has 0 aromatic carbocycles. The van der Waals surface area contributed by atoms with E-state index in [1.807, 2.05) is 31.3 Å². The summed E-state index contributed by atoms with van der Waals surface area (Å²) in [6.45, 7) is 4.38. The Hall–Kier alpha value is -1.58. The lowest BCUT2D eigenvalue weighted by Crippen LogP contribution is -2.13. The smallest absolute Gasteiger partial charge is 0.143 e. The van der Waals surface area contributed by atoms with Crippen LogP contribution < -0.4 is 4.90 Å². The van der Waals surface area contributed by atoms with Crippen LogP contribution in [0, 0.1) is 0 Å². The number of hydrogen-bond acceptors (Lipinski definition) is 3. The maximum Gasteiger partial charge on any atom is 0.143 e. The molecular weight excluding hydrogens is 212 g/mol. The second kappa shape index (κ2) is 4.73. The van der Waals surface area contributed by atoms with Crippen molar-refractivity contribution in [2.45, 2.75) is 32.6 Å². The van der Waals surface area contributed by atoms with Gasteiger partial charge in [0.25, 0.3) is 0 Å². The average Bonchev–Trinajstić information content (AvgIpc) is 2.75. The minimum atomic E-state index is 0.409. The highest BCUT2D eigenvalue weighted by Gasteiger charge is 2.14. The predicted molar refractivity (Wildman–Crippen MR) is 71.5 cm³/mol. The van der Waals surface area contributed by atoms with Gasteiger partial charge < -0.3 is 9.88 Å². The van der Waals surface area contributed by atoms with E-state index in [-0.39, 0.29) is 0 Å². The highest BCUT2D eigenvalue weighted by Crippen LogP contribution is 2.25. The van der Waals surface area contributed by atoms with Crippen LogP contribution in [0.5, 0.6) is 0 Å². The van der Waals surface area contributed by atoms with Gasteiger partial charge in [-0.05, 0) is 12.5 Å². The number of aromatic nitrogens is 3. The lowest BCUT2D eigenvalue weighted by atomic mass is 10.1. The third kappa shape index (κ3) is 2.25. The molecule has 4 heteroatoms. The standard InChI is InChI=1S/C13H20N4/c1-5-6-9(2)11-15-12-10(7-8-14-12)13(16-11)17(3)4/h7-9H,5-6H2,1-4H3,(H,14,15,16). The first-order valence-corrected chi connectivity index (χ1v) is 6.15. The van der Waals surface area contributed by atoms with E-state index in [9.17, 15) is 0 Å². The number of hydrogen-bond donors (Lipinski definition) is 1. The third-order valence-electron chi connectivity index (χ3n) is 3.00. The van der Waals surface area contributed by atoms with Gasteiger partial charge in [0.2, 0.25) is 0 Å². The lowest BCUT2D eigenvalue weighted by molar-refractivity contribution is 0.629. The van der Waals surface area contributed by atoms with E-state index in [0.29, 0.717) is 5.92 Å². The monoisotopic (exact) mass is 232 g/mol. The molecule has 0 amide bonds. The zero-order valence-electron chi connectivity index (χ0n) is 11.0. The molecule has 17 heavy (non-hydrogen) atoms. The molecule has 0 spiro atoms. The highest BCUT2D eigenvalue weighted by atomic mass is 15.2. The summed E-state index contributed by atoms with van der Waals surface area (Å²) < 4.78 is 0. The predicted octanol–water partition coefficient (Wildman–Crippen LogP) is 2.93. The van der Waals surface area contributed by atoms with E-state index in [4.69, 9.17) is 0 Å². The molecule has 1 N–H and O–H groups in total. The molecule has 0 bridgehead atoms. The van der Waals surface area contributed by atoms with Crippen molar-refractivity contribution in [1.29, 1.82) is 0 Å². The number of H-pyrrole nitrogens is 1. The molecular formula is C13H20N4. The Morgan fingerprint density at radius 3 is 2.76 bits per heavy atom. The Balaban J connectivity index is 2.51. The van der Waals surface area contributed by atoms with Crippen LogP contribution in [0.4, 0.5) is 5.82 Å². The lowest BCUT2D eigenvalue weighted by Gasteiger charge is -2.16. The summed E-state index contributed by atoms with van der Waals surface area (Å²) in [6.07, 6.45) is 4.20. The van der Waals surface area contributed by atoms with E-state index in [1.165, 1.54) is 0 Å². The normalized spacial score (nSPS) is 12.9. The molecule has 0 aliphatic rings. The largest absolute Gasteiger partial charge is 0.362 e. The molecule has 1 unspecified atom stereocenters. The molecule has 2 heterocycles. The molecule has 2 rings (SSSR count). The van der Waals surface area contributed by atoms with Gasteiger partial charge in [-0.2, -0.15) is 0 Å². The molecule has 0 radical (unpaired) electrons. The quantitative estimate of drug-likeness (QED) is 0.881. The summed E-state index contributed by atoms with van der Waals surface area (Å²) in [7, 11) is 4.03. The molecule has 92 valence electrons. The number of rotatable bonds is 4. The van der Waals surface area contributed by atoms with Crippen LogP contribution in [-0.4, -0.2) is 29.0 Å². The van der Waals surface area contributed by atoms with E-state index in [2.05, 4.69) is 28.8 Å². The van der Waals surface area contributed by atoms with Crippen molar-refractivity contribution in [2.24, 2.45) is 0 Å². The van der Waals surface area contributed by atoms with Gasteiger partial charge in [-0.25, -0.2) is 9.97 Å².